The highest BCUT2D eigenvalue weighted by Gasteiger charge is 2.20. The predicted octanol–water partition coefficient (Wildman–Crippen LogP) is 4.57. The van der Waals surface area contributed by atoms with Crippen LogP contribution in [0.1, 0.15) is 41.7 Å². The third-order valence-corrected chi connectivity index (χ3v) is 5.10. The summed E-state index contributed by atoms with van der Waals surface area (Å²) >= 11 is 0. The Kier molecular flexibility index (Phi) is 5.79. The van der Waals surface area contributed by atoms with Gasteiger partial charge in [0.05, 0.1) is 0 Å². The predicted molar refractivity (Wildman–Crippen MR) is 111 cm³/mol. The number of amides is 1. The van der Waals surface area contributed by atoms with Gasteiger partial charge in [0.1, 0.15) is 17.3 Å². The van der Waals surface area contributed by atoms with Gasteiger partial charge < -0.3 is 10.6 Å². The molecule has 0 aliphatic heterocycles. The smallest absolute Gasteiger partial charge is 0.270 e. The lowest BCUT2D eigenvalue weighted by atomic mass is 10.2. The van der Waals surface area contributed by atoms with E-state index in [1.807, 2.05) is 30.3 Å². The fourth-order valence-electron chi connectivity index (χ4n) is 3.53. The number of rotatable bonds is 6. The molecule has 4 rings (SSSR count). The van der Waals surface area contributed by atoms with Crippen LogP contribution >= 0.6 is 0 Å². The molecule has 0 saturated heterocycles. The summed E-state index contributed by atoms with van der Waals surface area (Å²) in [6, 6.07) is 17.9. The van der Waals surface area contributed by atoms with Gasteiger partial charge in [0.25, 0.3) is 5.91 Å². The Balaban J connectivity index is 1.60. The number of anilines is 1. The number of carbonyl (C=O) groups is 1. The van der Waals surface area contributed by atoms with E-state index in [2.05, 4.69) is 20.6 Å². The third-order valence-electron chi connectivity index (χ3n) is 5.10. The Bertz CT molecular complexity index is 987. The van der Waals surface area contributed by atoms with E-state index in [4.69, 9.17) is 0 Å². The van der Waals surface area contributed by atoms with Gasteiger partial charge in [-0.3, -0.25) is 4.79 Å². The van der Waals surface area contributed by atoms with Crippen molar-refractivity contribution >= 4 is 11.7 Å². The summed E-state index contributed by atoms with van der Waals surface area (Å²) in [6.45, 7) is 0.265. The molecule has 0 spiro atoms. The highest BCUT2D eigenvalue weighted by Crippen LogP contribution is 2.21. The second-order valence-corrected chi connectivity index (χ2v) is 7.23. The van der Waals surface area contributed by atoms with Gasteiger partial charge in [-0.15, -0.1) is 0 Å². The normalized spacial score (nSPS) is 14.0. The summed E-state index contributed by atoms with van der Waals surface area (Å²) in [7, 11) is 0. The molecule has 3 aromatic rings. The molecule has 29 heavy (non-hydrogen) atoms. The molecule has 148 valence electrons. The van der Waals surface area contributed by atoms with Crippen LogP contribution in [-0.2, 0) is 6.54 Å². The molecular formula is C23H23FN4O. The molecule has 1 aliphatic carbocycles. The largest absolute Gasteiger partial charge is 0.366 e. The molecule has 0 atom stereocenters. The summed E-state index contributed by atoms with van der Waals surface area (Å²) < 4.78 is 13.9. The van der Waals surface area contributed by atoms with Crippen molar-refractivity contribution in [1.82, 2.24) is 15.3 Å². The molecule has 2 N–H and O–H groups in total. The Morgan fingerprint density at radius 1 is 1.00 bits per heavy atom. The molecule has 1 heterocycles. The summed E-state index contributed by atoms with van der Waals surface area (Å²) in [5.41, 5.74) is 1.66. The van der Waals surface area contributed by atoms with Crippen LogP contribution in [0.5, 0.6) is 0 Å². The Hall–Kier alpha value is -3.28. The minimum absolute atomic E-state index is 0.201. The van der Waals surface area contributed by atoms with Crippen LogP contribution in [0.15, 0.2) is 60.7 Å². The molecule has 1 aromatic heterocycles. The second-order valence-electron chi connectivity index (χ2n) is 7.23. The maximum absolute atomic E-state index is 13.9. The van der Waals surface area contributed by atoms with Gasteiger partial charge in [-0.1, -0.05) is 61.4 Å². The maximum Gasteiger partial charge on any atom is 0.270 e. The van der Waals surface area contributed by atoms with Gasteiger partial charge in [0, 0.05) is 29.8 Å². The minimum atomic E-state index is -0.281. The topological polar surface area (TPSA) is 66.9 Å². The number of aromatic nitrogens is 2. The summed E-state index contributed by atoms with van der Waals surface area (Å²) in [6.07, 6.45) is 4.28. The van der Waals surface area contributed by atoms with Gasteiger partial charge in [0.15, 0.2) is 5.82 Å². The van der Waals surface area contributed by atoms with Crippen molar-refractivity contribution in [3.63, 3.8) is 0 Å². The van der Waals surface area contributed by atoms with Crippen molar-refractivity contribution in [2.75, 3.05) is 5.32 Å². The van der Waals surface area contributed by atoms with Gasteiger partial charge in [0.2, 0.25) is 0 Å². The monoisotopic (exact) mass is 390 g/mol. The number of carbonyl (C=O) groups excluding carboxylic acids is 1. The third kappa shape index (κ3) is 4.77. The van der Waals surface area contributed by atoms with Crippen molar-refractivity contribution in [3.05, 3.63) is 77.7 Å². The first kappa shape index (κ1) is 19.1. The Morgan fingerprint density at radius 3 is 2.48 bits per heavy atom. The molecule has 1 saturated carbocycles. The zero-order valence-corrected chi connectivity index (χ0v) is 16.1. The number of hydrogen-bond acceptors (Lipinski definition) is 4. The quantitative estimate of drug-likeness (QED) is 0.647. The van der Waals surface area contributed by atoms with Crippen molar-refractivity contribution in [1.29, 1.82) is 0 Å². The van der Waals surface area contributed by atoms with Crippen LogP contribution in [0.25, 0.3) is 11.4 Å². The lowest BCUT2D eigenvalue weighted by Gasteiger charge is -2.14. The molecule has 0 bridgehead atoms. The SMILES string of the molecule is O=C(NC1CCCC1)c1cc(NCc2ccccc2F)nc(-c2ccccc2)n1. The summed E-state index contributed by atoms with van der Waals surface area (Å²) in [5.74, 6) is 0.460. The minimum Gasteiger partial charge on any atom is -0.366 e. The van der Waals surface area contributed by atoms with Crippen molar-refractivity contribution in [2.24, 2.45) is 0 Å². The van der Waals surface area contributed by atoms with Crippen LogP contribution < -0.4 is 10.6 Å². The first-order valence-corrected chi connectivity index (χ1v) is 9.92. The fraction of sp³-hybridized carbons (Fsp3) is 0.261. The van der Waals surface area contributed by atoms with Gasteiger partial charge in [-0.25, -0.2) is 14.4 Å². The van der Waals surface area contributed by atoms with E-state index >= 15 is 0 Å². The van der Waals surface area contributed by atoms with Gasteiger partial charge in [-0.2, -0.15) is 0 Å². The highest BCUT2D eigenvalue weighted by atomic mass is 19.1. The van der Waals surface area contributed by atoms with E-state index in [9.17, 15) is 9.18 Å². The number of nitrogens with zero attached hydrogens (tertiary/aromatic N) is 2. The van der Waals surface area contributed by atoms with E-state index in [1.54, 1.807) is 24.3 Å². The maximum atomic E-state index is 13.9. The number of nitrogens with one attached hydrogen (secondary N) is 2. The fourth-order valence-corrected chi connectivity index (χ4v) is 3.53. The van der Waals surface area contributed by atoms with E-state index in [-0.39, 0.29) is 24.3 Å². The van der Waals surface area contributed by atoms with Crippen molar-refractivity contribution in [3.8, 4) is 11.4 Å². The first-order chi connectivity index (χ1) is 14.2. The van der Waals surface area contributed by atoms with Crippen molar-refractivity contribution < 1.29 is 9.18 Å². The van der Waals surface area contributed by atoms with E-state index < -0.39 is 0 Å². The molecule has 0 radical (unpaired) electrons. The van der Waals surface area contributed by atoms with Crippen LogP contribution in [0.4, 0.5) is 10.2 Å². The second kappa shape index (κ2) is 8.82. The van der Waals surface area contributed by atoms with Crippen LogP contribution in [0.3, 0.4) is 0 Å². The van der Waals surface area contributed by atoms with Gasteiger partial charge >= 0.3 is 0 Å². The average Bonchev–Trinajstić information content (AvgIpc) is 3.26. The molecule has 2 aromatic carbocycles. The molecule has 6 heteroatoms. The Morgan fingerprint density at radius 2 is 1.72 bits per heavy atom. The van der Waals surface area contributed by atoms with Crippen LogP contribution in [0, 0.1) is 5.82 Å². The standard InChI is InChI=1S/C23H23FN4O/c24-19-13-7-4-10-17(19)15-25-21-14-20(23(29)26-18-11-5-6-12-18)27-22(28-21)16-8-2-1-3-9-16/h1-4,7-10,13-14,18H,5-6,11-12,15H2,(H,26,29)(H,25,27,28). The molecule has 1 fully saturated rings. The number of benzene rings is 2. The van der Waals surface area contributed by atoms with E-state index in [1.165, 1.54) is 6.07 Å². The first-order valence-electron chi connectivity index (χ1n) is 9.92. The molecule has 0 unspecified atom stereocenters. The number of hydrogen-bond donors (Lipinski definition) is 2. The van der Waals surface area contributed by atoms with Crippen LogP contribution in [0.2, 0.25) is 0 Å². The molecular weight excluding hydrogens is 367 g/mol. The lowest BCUT2D eigenvalue weighted by molar-refractivity contribution is 0.0933. The lowest BCUT2D eigenvalue weighted by Crippen LogP contribution is -2.33. The average molecular weight is 390 g/mol. The molecule has 1 amide bonds. The summed E-state index contributed by atoms with van der Waals surface area (Å²) in [4.78, 5) is 21.8. The summed E-state index contributed by atoms with van der Waals surface area (Å²) in [5, 5.41) is 6.20. The van der Waals surface area contributed by atoms with Crippen molar-refractivity contribution in [2.45, 2.75) is 38.3 Å². The molecule has 1 aliphatic rings. The zero-order valence-electron chi connectivity index (χ0n) is 16.1. The van der Waals surface area contributed by atoms with E-state index in [0.29, 0.717) is 22.9 Å². The molecule has 5 nitrogen and oxygen atoms in total. The number of halogens is 1. The van der Waals surface area contributed by atoms with E-state index in [0.717, 1.165) is 31.2 Å². The Labute approximate surface area is 169 Å². The zero-order chi connectivity index (χ0) is 20.1. The highest BCUT2D eigenvalue weighted by molar-refractivity contribution is 5.93. The van der Waals surface area contributed by atoms with Gasteiger partial charge in [-0.05, 0) is 18.9 Å². The van der Waals surface area contributed by atoms with Crippen LogP contribution in [-0.4, -0.2) is 21.9 Å².